The molecule has 0 aromatic rings. The molecule has 0 aliphatic heterocycles. The summed E-state index contributed by atoms with van der Waals surface area (Å²) in [4.78, 5) is 1.39. The van der Waals surface area contributed by atoms with Crippen LogP contribution in [-0.2, 0) is 17.1 Å². The van der Waals surface area contributed by atoms with E-state index in [9.17, 15) is 15.3 Å². The first-order valence-corrected chi connectivity index (χ1v) is 5.44. The molecule has 0 bridgehead atoms. The second-order valence-electron chi connectivity index (χ2n) is 3.46. The zero-order chi connectivity index (χ0) is 12.9. The molecule has 17 heavy (non-hydrogen) atoms. The molecule has 0 aromatic carbocycles. The Hall–Kier alpha value is 0.559. The van der Waals surface area contributed by atoms with Crippen LogP contribution in [0.2, 0.25) is 0 Å². The molecule has 0 amide bonds. The van der Waals surface area contributed by atoms with E-state index in [-0.39, 0.29) is 27.9 Å². The summed E-state index contributed by atoms with van der Waals surface area (Å²) in [6, 6.07) is 0. The number of aliphatic hydroxyl groups is 5. The van der Waals surface area contributed by atoms with E-state index < -0.39 is 31.0 Å². The van der Waals surface area contributed by atoms with Crippen molar-refractivity contribution in [2.24, 2.45) is 0 Å². The molecule has 0 fully saturated rings. The number of likely N-dealkylation sites (N-methyl/N-ethyl adjacent to an activating group) is 1. The minimum absolute atomic E-state index is 0. The third kappa shape index (κ3) is 6.90. The average Bonchev–Trinajstić information content (AvgIpc) is 2.25. The molecule has 6 nitrogen and oxygen atoms in total. The van der Waals surface area contributed by atoms with Gasteiger partial charge in [-0.05, 0) is 0 Å². The van der Waals surface area contributed by atoms with Gasteiger partial charge in [0, 0.05) is 13.6 Å². The van der Waals surface area contributed by atoms with Gasteiger partial charge < -0.3 is 30.4 Å². The first-order valence-electron chi connectivity index (χ1n) is 4.58. The third-order valence-electron chi connectivity index (χ3n) is 2.11. The Labute approximate surface area is 121 Å². The van der Waals surface area contributed by atoms with Gasteiger partial charge in [-0.3, -0.25) is 0 Å². The summed E-state index contributed by atoms with van der Waals surface area (Å²) in [5, 5.41) is 45.9. The molecule has 4 atom stereocenters. The van der Waals surface area contributed by atoms with Gasteiger partial charge in [0.05, 0.1) is 12.7 Å². The van der Waals surface area contributed by atoms with Gasteiger partial charge in [-0.1, -0.05) is 12.2 Å². The Balaban J connectivity index is 0. The van der Waals surface area contributed by atoms with Crippen molar-refractivity contribution in [1.82, 2.24) is 4.90 Å². The predicted molar refractivity (Wildman–Crippen MR) is 65.3 cm³/mol. The summed E-state index contributed by atoms with van der Waals surface area (Å²) in [6.07, 6.45) is -6.02. The van der Waals surface area contributed by atoms with Crippen molar-refractivity contribution < 1.29 is 42.6 Å². The Kier molecular flexibility index (Phi) is 11.1. The number of rotatable bonds is 6. The Bertz CT molecular complexity index is 236. The molecule has 0 aliphatic carbocycles. The first-order chi connectivity index (χ1) is 7.31. The van der Waals surface area contributed by atoms with E-state index in [0.29, 0.717) is 0 Å². The normalized spacial score (nSPS) is 17.6. The van der Waals surface area contributed by atoms with Gasteiger partial charge in [-0.25, -0.2) is 0 Å². The quantitative estimate of drug-likeness (QED) is 0.182. The van der Waals surface area contributed by atoms with E-state index >= 15 is 0 Å². The molecule has 1 radical (unpaired) electrons. The zero-order valence-electron chi connectivity index (χ0n) is 9.06. The van der Waals surface area contributed by atoms with Crippen LogP contribution in [0.5, 0.6) is 0 Å². The fourth-order valence-corrected chi connectivity index (χ4v) is 1.19. The third-order valence-corrected chi connectivity index (χ3v) is 2.77. The molecule has 0 saturated carbocycles. The number of aliphatic hydroxyl groups excluding tert-OH is 5. The van der Waals surface area contributed by atoms with Crippen molar-refractivity contribution in [2.75, 3.05) is 20.2 Å². The first kappa shape index (κ1) is 19.9. The molecular formula is C8H17CuNO5S2+2. The van der Waals surface area contributed by atoms with Crippen molar-refractivity contribution in [2.45, 2.75) is 24.4 Å². The van der Waals surface area contributed by atoms with Gasteiger partial charge in [0.2, 0.25) is 0 Å². The van der Waals surface area contributed by atoms with E-state index in [1.165, 1.54) is 4.90 Å². The van der Waals surface area contributed by atoms with Crippen molar-refractivity contribution in [3.05, 3.63) is 0 Å². The van der Waals surface area contributed by atoms with Crippen LogP contribution in [0.3, 0.4) is 0 Å². The number of hydrogen-bond donors (Lipinski definition) is 6. The molecule has 105 valence electrons. The number of thiocarbonyl (C=S) groups is 1. The topological polar surface area (TPSA) is 104 Å². The standard InChI is InChI=1S/C8H17NO5S2.Cu/c1-9(8(15)16)2-4(11)6(13)7(14)5(12)3-10;/h4-7,10-14H,2-3H2,1H3,(H,15,16);/q;+2. The fourth-order valence-electron chi connectivity index (χ4n) is 1.03. The summed E-state index contributed by atoms with van der Waals surface area (Å²) in [7, 11) is 1.56. The van der Waals surface area contributed by atoms with E-state index in [1.54, 1.807) is 7.05 Å². The number of hydrogen-bond acceptors (Lipinski definition) is 6. The van der Waals surface area contributed by atoms with Crippen LogP contribution in [-0.4, -0.2) is 79.4 Å². The molecule has 0 saturated heterocycles. The average molecular weight is 335 g/mol. The zero-order valence-corrected chi connectivity index (χ0v) is 11.7. The van der Waals surface area contributed by atoms with Crippen LogP contribution in [0.1, 0.15) is 0 Å². The van der Waals surface area contributed by atoms with E-state index in [0.717, 1.165) is 0 Å². The van der Waals surface area contributed by atoms with Crippen LogP contribution >= 0.6 is 24.8 Å². The summed E-state index contributed by atoms with van der Waals surface area (Å²) >= 11 is 8.57. The van der Waals surface area contributed by atoms with Crippen molar-refractivity contribution in [3.8, 4) is 0 Å². The molecule has 0 heterocycles. The van der Waals surface area contributed by atoms with E-state index in [4.69, 9.17) is 22.4 Å². The van der Waals surface area contributed by atoms with Crippen LogP contribution in [0, 0.1) is 0 Å². The maximum atomic E-state index is 9.51. The smallest absolute Gasteiger partial charge is 0.394 e. The number of nitrogens with zero attached hydrogens (tertiary/aromatic N) is 1. The largest absolute Gasteiger partial charge is 2.00 e. The maximum absolute atomic E-state index is 9.51. The summed E-state index contributed by atoms with van der Waals surface area (Å²) < 4.78 is 0.225. The Morgan fingerprint density at radius 1 is 1.18 bits per heavy atom. The fraction of sp³-hybridized carbons (Fsp3) is 0.875. The Morgan fingerprint density at radius 2 is 1.59 bits per heavy atom. The molecule has 9 heteroatoms. The van der Waals surface area contributed by atoms with E-state index in [1.807, 2.05) is 0 Å². The van der Waals surface area contributed by atoms with Crippen molar-refractivity contribution >= 4 is 29.2 Å². The van der Waals surface area contributed by atoms with Gasteiger partial charge >= 0.3 is 17.1 Å². The van der Waals surface area contributed by atoms with Gasteiger partial charge in [0.1, 0.15) is 22.6 Å². The van der Waals surface area contributed by atoms with Crippen LogP contribution in [0.15, 0.2) is 0 Å². The van der Waals surface area contributed by atoms with Gasteiger partial charge in [-0.15, -0.1) is 12.6 Å². The SMILES string of the molecule is CN(CC(O)C(O)C(O)C(O)CO)C(=S)S.[Cu+2]. The minimum Gasteiger partial charge on any atom is -0.394 e. The van der Waals surface area contributed by atoms with Crippen molar-refractivity contribution in [3.63, 3.8) is 0 Å². The molecule has 0 aromatic heterocycles. The molecule has 4 unspecified atom stereocenters. The summed E-state index contributed by atoms with van der Waals surface area (Å²) in [5.41, 5.74) is 0. The van der Waals surface area contributed by atoms with E-state index in [2.05, 4.69) is 12.6 Å². The molecule has 0 rings (SSSR count). The monoisotopic (exact) mass is 334 g/mol. The van der Waals surface area contributed by atoms with Crippen LogP contribution in [0.4, 0.5) is 0 Å². The molecule has 0 spiro atoms. The van der Waals surface area contributed by atoms with Gasteiger partial charge in [0.15, 0.2) is 0 Å². The maximum Gasteiger partial charge on any atom is 2.00 e. The second kappa shape index (κ2) is 9.48. The van der Waals surface area contributed by atoms with Gasteiger partial charge in [-0.2, -0.15) is 0 Å². The Morgan fingerprint density at radius 3 is 1.94 bits per heavy atom. The molecule has 0 aliphatic rings. The summed E-state index contributed by atoms with van der Waals surface area (Å²) in [5.74, 6) is 0. The van der Waals surface area contributed by atoms with Crippen molar-refractivity contribution in [1.29, 1.82) is 0 Å². The number of thiol groups is 1. The van der Waals surface area contributed by atoms with Gasteiger partial charge in [0.25, 0.3) is 0 Å². The van der Waals surface area contributed by atoms with Crippen LogP contribution in [0.25, 0.3) is 0 Å². The molecular weight excluding hydrogens is 318 g/mol. The second-order valence-corrected chi connectivity index (χ2v) is 4.57. The summed E-state index contributed by atoms with van der Waals surface area (Å²) in [6.45, 7) is -0.746. The predicted octanol–water partition coefficient (Wildman–Crippen LogP) is -2.43. The molecule has 5 N–H and O–H groups in total. The van der Waals surface area contributed by atoms with Crippen LogP contribution < -0.4 is 0 Å². The minimum atomic E-state index is -1.62.